The van der Waals surface area contributed by atoms with Gasteiger partial charge in [0.15, 0.2) is 0 Å². The molecule has 1 aliphatic heterocycles. The molecule has 1 unspecified atom stereocenters. The van der Waals surface area contributed by atoms with Crippen LogP contribution in [-0.4, -0.2) is 29.8 Å². The van der Waals surface area contributed by atoms with Crippen LogP contribution >= 0.6 is 15.9 Å². The van der Waals surface area contributed by atoms with Crippen LogP contribution < -0.4 is 5.32 Å². The van der Waals surface area contributed by atoms with E-state index in [0.717, 1.165) is 22.9 Å². The van der Waals surface area contributed by atoms with Crippen molar-refractivity contribution in [2.75, 3.05) is 13.1 Å². The first-order valence-corrected chi connectivity index (χ1v) is 9.40. The lowest BCUT2D eigenvalue weighted by Crippen LogP contribution is -2.45. The van der Waals surface area contributed by atoms with E-state index in [0.29, 0.717) is 19.6 Å². The van der Waals surface area contributed by atoms with E-state index in [-0.39, 0.29) is 23.3 Å². The van der Waals surface area contributed by atoms with E-state index in [1.165, 1.54) is 12.1 Å². The largest absolute Gasteiger partial charge is 0.352 e. The fraction of sp³-hybridized carbons (Fsp3) is 0.300. The van der Waals surface area contributed by atoms with E-state index in [9.17, 15) is 14.0 Å². The molecule has 4 nitrogen and oxygen atoms in total. The van der Waals surface area contributed by atoms with Crippen LogP contribution in [0.3, 0.4) is 0 Å². The molecule has 1 aliphatic rings. The molecule has 0 aromatic heterocycles. The lowest BCUT2D eigenvalue weighted by molar-refractivity contribution is -0.126. The second-order valence-electron chi connectivity index (χ2n) is 6.38. The number of likely N-dealkylation sites (tertiary alicyclic amines) is 1. The van der Waals surface area contributed by atoms with Gasteiger partial charge >= 0.3 is 0 Å². The summed E-state index contributed by atoms with van der Waals surface area (Å²) < 4.78 is 14.8. The van der Waals surface area contributed by atoms with Crippen molar-refractivity contribution in [2.24, 2.45) is 5.92 Å². The summed E-state index contributed by atoms with van der Waals surface area (Å²) in [6, 6.07) is 13.7. The molecular formula is C20H20BrFN2O2. The van der Waals surface area contributed by atoms with Gasteiger partial charge in [0.05, 0.1) is 11.5 Å². The van der Waals surface area contributed by atoms with Gasteiger partial charge in [0.2, 0.25) is 5.91 Å². The molecule has 0 aliphatic carbocycles. The second-order valence-corrected chi connectivity index (χ2v) is 7.23. The van der Waals surface area contributed by atoms with E-state index in [1.807, 2.05) is 24.3 Å². The lowest BCUT2D eigenvalue weighted by atomic mass is 9.96. The minimum atomic E-state index is -0.530. The van der Waals surface area contributed by atoms with Crippen molar-refractivity contribution in [3.05, 3.63) is 69.9 Å². The SMILES string of the molecule is O=C(NCc1ccccc1Br)C1CCCN(C(=O)c2ccccc2F)C1. The third-order valence-electron chi connectivity index (χ3n) is 4.59. The molecule has 6 heteroatoms. The summed E-state index contributed by atoms with van der Waals surface area (Å²) in [6.45, 7) is 1.29. The van der Waals surface area contributed by atoms with E-state index in [2.05, 4.69) is 21.2 Å². The average molecular weight is 419 g/mol. The van der Waals surface area contributed by atoms with Gasteiger partial charge in [0.25, 0.3) is 5.91 Å². The minimum Gasteiger partial charge on any atom is -0.352 e. The Bertz CT molecular complexity index is 812. The van der Waals surface area contributed by atoms with Crippen molar-refractivity contribution in [1.29, 1.82) is 0 Å². The van der Waals surface area contributed by atoms with Crippen molar-refractivity contribution in [3.8, 4) is 0 Å². The molecule has 1 fully saturated rings. The van der Waals surface area contributed by atoms with Crippen molar-refractivity contribution < 1.29 is 14.0 Å². The summed E-state index contributed by atoms with van der Waals surface area (Å²) in [7, 11) is 0. The molecule has 1 N–H and O–H groups in total. The molecule has 2 amide bonds. The Balaban J connectivity index is 1.61. The normalized spacial score (nSPS) is 17.0. The molecule has 1 heterocycles. The van der Waals surface area contributed by atoms with E-state index >= 15 is 0 Å². The summed E-state index contributed by atoms with van der Waals surface area (Å²) in [5.41, 5.74) is 1.05. The van der Waals surface area contributed by atoms with Crippen molar-refractivity contribution >= 4 is 27.7 Å². The van der Waals surface area contributed by atoms with Gasteiger partial charge in [0, 0.05) is 24.1 Å². The zero-order chi connectivity index (χ0) is 18.5. The first-order valence-electron chi connectivity index (χ1n) is 8.61. The Morgan fingerprint density at radius 2 is 1.88 bits per heavy atom. The highest BCUT2D eigenvalue weighted by Gasteiger charge is 2.29. The molecule has 0 radical (unpaired) electrons. The number of carbonyl (C=O) groups is 2. The molecule has 26 heavy (non-hydrogen) atoms. The van der Waals surface area contributed by atoms with Crippen molar-refractivity contribution in [1.82, 2.24) is 10.2 Å². The maximum absolute atomic E-state index is 13.9. The highest BCUT2D eigenvalue weighted by Crippen LogP contribution is 2.21. The molecule has 1 saturated heterocycles. The maximum Gasteiger partial charge on any atom is 0.256 e. The summed E-state index contributed by atoms with van der Waals surface area (Å²) >= 11 is 3.46. The minimum absolute atomic E-state index is 0.0572. The Morgan fingerprint density at radius 3 is 2.65 bits per heavy atom. The number of rotatable bonds is 4. The topological polar surface area (TPSA) is 49.4 Å². The van der Waals surface area contributed by atoms with Crippen LogP contribution in [0.1, 0.15) is 28.8 Å². The highest BCUT2D eigenvalue weighted by molar-refractivity contribution is 9.10. The number of carbonyl (C=O) groups excluding carboxylic acids is 2. The number of halogens is 2. The molecule has 0 spiro atoms. The molecule has 136 valence electrons. The molecule has 1 atom stereocenters. The zero-order valence-electron chi connectivity index (χ0n) is 14.3. The van der Waals surface area contributed by atoms with Gasteiger partial charge < -0.3 is 10.2 Å². The van der Waals surface area contributed by atoms with Crippen molar-refractivity contribution in [3.63, 3.8) is 0 Å². The maximum atomic E-state index is 13.9. The molecule has 0 bridgehead atoms. The standard InChI is InChI=1S/C20H20BrFN2O2/c21-17-9-3-1-6-14(17)12-23-19(25)15-7-5-11-24(13-15)20(26)16-8-2-4-10-18(16)22/h1-4,6,8-10,15H,5,7,11-13H2,(H,23,25). The van der Waals surface area contributed by atoms with Crippen molar-refractivity contribution in [2.45, 2.75) is 19.4 Å². The van der Waals surface area contributed by atoms with E-state index < -0.39 is 5.82 Å². The Labute approximate surface area is 160 Å². The van der Waals surface area contributed by atoms with Crippen LogP contribution in [0.15, 0.2) is 53.0 Å². The first-order chi connectivity index (χ1) is 12.6. The van der Waals surface area contributed by atoms with Crippen LogP contribution in [0.5, 0.6) is 0 Å². The van der Waals surface area contributed by atoms with Gasteiger partial charge in [0.1, 0.15) is 5.82 Å². The number of nitrogens with one attached hydrogen (secondary N) is 1. The van der Waals surface area contributed by atoms with E-state index in [4.69, 9.17) is 0 Å². The fourth-order valence-electron chi connectivity index (χ4n) is 3.15. The smallest absolute Gasteiger partial charge is 0.256 e. The lowest BCUT2D eigenvalue weighted by Gasteiger charge is -2.32. The average Bonchev–Trinajstić information content (AvgIpc) is 2.67. The number of benzene rings is 2. The van der Waals surface area contributed by atoms with Crippen LogP contribution in [-0.2, 0) is 11.3 Å². The first kappa shape index (κ1) is 18.6. The number of hydrogen-bond acceptors (Lipinski definition) is 2. The summed E-state index contributed by atoms with van der Waals surface area (Å²) in [4.78, 5) is 26.7. The number of hydrogen-bond donors (Lipinski definition) is 1. The van der Waals surface area contributed by atoms with Gasteiger partial charge in [-0.25, -0.2) is 4.39 Å². The zero-order valence-corrected chi connectivity index (χ0v) is 15.8. The quantitative estimate of drug-likeness (QED) is 0.821. The summed E-state index contributed by atoms with van der Waals surface area (Å²) in [6.07, 6.45) is 1.45. The number of amides is 2. The number of nitrogens with zero attached hydrogens (tertiary/aromatic N) is 1. The van der Waals surface area contributed by atoms with Gasteiger partial charge in [-0.3, -0.25) is 9.59 Å². The molecular weight excluding hydrogens is 399 g/mol. The van der Waals surface area contributed by atoms with Crippen LogP contribution in [0.2, 0.25) is 0 Å². The van der Waals surface area contributed by atoms with Gasteiger partial charge in [-0.2, -0.15) is 0 Å². The van der Waals surface area contributed by atoms with Gasteiger partial charge in [-0.1, -0.05) is 46.3 Å². The summed E-state index contributed by atoms with van der Waals surface area (Å²) in [5, 5.41) is 2.94. The predicted octanol–water partition coefficient (Wildman–Crippen LogP) is 3.76. The van der Waals surface area contributed by atoms with Crippen LogP contribution in [0.4, 0.5) is 4.39 Å². The predicted molar refractivity (Wildman–Crippen MR) is 101 cm³/mol. The number of piperidine rings is 1. The molecule has 0 saturated carbocycles. The Hall–Kier alpha value is -2.21. The summed E-state index contributed by atoms with van der Waals surface area (Å²) in [5.74, 6) is -1.24. The molecule has 3 rings (SSSR count). The Kier molecular flexibility index (Phi) is 6.04. The highest BCUT2D eigenvalue weighted by atomic mass is 79.9. The fourth-order valence-corrected chi connectivity index (χ4v) is 3.57. The van der Waals surface area contributed by atoms with E-state index in [1.54, 1.807) is 17.0 Å². The molecule has 2 aromatic rings. The van der Waals surface area contributed by atoms with Gasteiger partial charge in [-0.05, 0) is 36.6 Å². The second kappa shape index (κ2) is 8.45. The monoisotopic (exact) mass is 418 g/mol. The van der Waals surface area contributed by atoms with Crippen LogP contribution in [0.25, 0.3) is 0 Å². The van der Waals surface area contributed by atoms with Gasteiger partial charge in [-0.15, -0.1) is 0 Å². The van der Waals surface area contributed by atoms with Crippen LogP contribution in [0, 0.1) is 11.7 Å². The molecule has 2 aromatic carbocycles. The third-order valence-corrected chi connectivity index (χ3v) is 5.37. The Morgan fingerprint density at radius 1 is 1.15 bits per heavy atom. The third kappa shape index (κ3) is 4.30.